The van der Waals surface area contributed by atoms with Gasteiger partial charge in [0.2, 0.25) is 5.91 Å². The number of rotatable bonds is 2. The van der Waals surface area contributed by atoms with Gasteiger partial charge in [-0.05, 0) is 47.9 Å². The van der Waals surface area contributed by atoms with Crippen LogP contribution in [0.2, 0.25) is 5.02 Å². The summed E-state index contributed by atoms with van der Waals surface area (Å²) >= 11 is 5.86. The molecule has 2 aromatic carbocycles. The Morgan fingerprint density at radius 2 is 2.00 bits per heavy atom. The van der Waals surface area contributed by atoms with E-state index in [1.54, 1.807) is 6.92 Å². The molecule has 0 aliphatic carbocycles. The summed E-state index contributed by atoms with van der Waals surface area (Å²) < 4.78 is 0. The molecule has 21 heavy (non-hydrogen) atoms. The smallest absolute Gasteiger partial charge is 0.223 e. The molecule has 1 aliphatic heterocycles. The summed E-state index contributed by atoms with van der Waals surface area (Å²) in [5.41, 5.74) is 4.09. The first kappa shape index (κ1) is 13.8. The molecule has 0 bridgehead atoms. The van der Waals surface area contributed by atoms with Crippen LogP contribution in [0.4, 0.5) is 11.4 Å². The first-order valence-corrected chi connectivity index (χ1v) is 7.22. The zero-order valence-corrected chi connectivity index (χ0v) is 12.5. The van der Waals surface area contributed by atoms with E-state index < -0.39 is 0 Å². The quantitative estimate of drug-likeness (QED) is 0.771. The summed E-state index contributed by atoms with van der Waals surface area (Å²) in [6.07, 6.45) is 2.70. The Balaban J connectivity index is 1.82. The number of amides is 1. The fraction of sp³-hybridized carbons (Fsp3) is 0.176. The van der Waals surface area contributed by atoms with Gasteiger partial charge in [-0.15, -0.1) is 0 Å². The van der Waals surface area contributed by atoms with Crippen LogP contribution in [0.5, 0.6) is 0 Å². The van der Waals surface area contributed by atoms with Gasteiger partial charge in [-0.25, -0.2) is 0 Å². The van der Waals surface area contributed by atoms with Crippen molar-refractivity contribution in [3.8, 4) is 0 Å². The van der Waals surface area contributed by atoms with Gasteiger partial charge >= 0.3 is 0 Å². The lowest BCUT2D eigenvalue weighted by atomic mass is 10.1. The molecule has 0 radical (unpaired) electrons. The Hall–Kier alpha value is -2.13. The highest BCUT2D eigenvalue weighted by atomic mass is 35.5. The second kappa shape index (κ2) is 5.70. The molecule has 1 amide bonds. The van der Waals surface area contributed by atoms with Crippen LogP contribution in [0.3, 0.4) is 0 Å². The van der Waals surface area contributed by atoms with E-state index in [1.165, 1.54) is 5.56 Å². The van der Waals surface area contributed by atoms with Crippen molar-refractivity contribution in [2.45, 2.75) is 13.3 Å². The molecule has 0 unspecified atom stereocenters. The summed E-state index contributed by atoms with van der Waals surface area (Å²) in [5, 5.41) is 0.717. The number of nitrogens with zero attached hydrogens (tertiary/aromatic N) is 2. The molecule has 3 nitrogen and oxygen atoms in total. The van der Waals surface area contributed by atoms with E-state index in [2.05, 4.69) is 4.99 Å². The maximum atomic E-state index is 11.5. The zero-order valence-electron chi connectivity index (χ0n) is 11.7. The van der Waals surface area contributed by atoms with Crippen LogP contribution in [0.15, 0.2) is 47.5 Å². The van der Waals surface area contributed by atoms with Gasteiger partial charge in [0.15, 0.2) is 0 Å². The Labute approximate surface area is 128 Å². The molecule has 0 fully saturated rings. The number of carbonyl (C=O) groups excluding carboxylic acids is 1. The average molecular weight is 299 g/mol. The summed E-state index contributed by atoms with van der Waals surface area (Å²) in [5.74, 6) is 0.0890. The molecular formula is C17H15ClN2O. The Morgan fingerprint density at radius 3 is 2.71 bits per heavy atom. The predicted molar refractivity (Wildman–Crippen MR) is 86.9 cm³/mol. The monoisotopic (exact) mass is 298 g/mol. The number of fused-ring (bicyclic) bond motifs is 1. The fourth-order valence-corrected chi connectivity index (χ4v) is 2.62. The Morgan fingerprint density at radius 1 is 1.24 bits per heavy atom. The lowest BCUT2D eigenvalue weighted by molar-refractivity contribution is -0.116. The number of halogens is 1. The molecule has 0 N–H and O–H groups in total. The van der Waals surface area contributed by atoms with Gasteiger partial charge in [-0.1, -0.05) is 23.7 Å². The second-order valence-electron chi connectivity index (χ2n) is 5.04. The van der Waals surface area contributed by atoms with Crippen molar-refractivity contribution in [2.75, 3.05) is 11.4 Å². The van der Waals surface area contributed by atoms with Crippen molar-refractivity contribution in [1.29, 1.82) is 0 Å². The SMILES string of the molecule is CC(=O)N1CCc2cc(N=Cc3ccc(Cl)cc3)ccc21. The largest absolute Gasteiger partial charge is 0.312 e. The van der Waals surface area contributed by atoms with Crippen molar-refractivity contribution in [3.63, 3.8) is 0 Å². The van der Waals surface area contributed by atoms with Crippen LogP contribution < -0.4 is 4.90 Å². The van der Waals surface area contributed by atoms with Crippen molar-refractivity contribution >= 4 is 35.1 Å². The van der Waals surface area contributed by atoms with Crippen LogP contribution >= 0.6 is 11.6 Å². The third kappa shape index (κ3) is 2.98. The van der Waals surface area contributed by atoms with E-state index in [0.29, 0.717) is 5.02 Å². The maximum Gasteiger partial charge on any atom is 0.223 e. The molecule has 1 heterocycles. The van der Waals surface area contributed by atoms with E-state index in [9.17, 15) is 4.79 Å². The molecular weight excluding hydrogens is 284 g/mol. The predicted octanol–water partition coefficient (Wildman–Crippen LogP) is 4.00. The van der Waals surface area contributed by atoms with Crippen LogP contribution in [-0.4, -0.2) is 18.7 Å². The van der Waals surface area contributed by atoms with E-state index >= 15 is 0 Å². The number of hydrogen-bond donors (Lipinski definition) is 0. The van der Waals surface area contributed by atoms with Crippen LogP contribution in [0.1, 0.15) is 18.1 Å². The summed E-state index contributed by atoms with van der Waals surface area (Å²) in [4.78, 5) is 17.8. The fourth-order valence-electron chi connectivity index (χ4n) is 2.49. The molecule has 3 rings (SSSR count). The number of aliphatic imine (C=N–C) groups is 1. The summed E-state index contributed by atoms with van der Waals surface area (Å²) in [7, 11) is 0. The standard InChI is InChI=1S/C17H15ClN2O/c1-12(21)20-9-8-14-10-16(6-7-17(14)20)19-11-13-2-4-15(18)5-3-13/h2-7,10-11H,8-9H2,1H3. The normalized spacial score (nSPS) is 13.7. The molecule has 0 atom stereocenters. The van der Waals surface area contributed by atoms with Gasteiger partial charge in [-0.3, -0.25) is 9.79 Å². The Kier molecular flexibility index (Phi) is 3.76. The number of benzene rings is 2. The molecule has 0 saturated carbocycles. The van der Waals surface area contributed by atoms with E-state index in [4.69, 9.17) is 11.6 Å². The number of hydrogen-bond acceptors (Lipinski definition) is 2. The molecule has 0 saturated heterocycles. The third-order valence-electron chi connectivity index (χ3n) is 3.57. The molecule has 0 spiro atoms. The lowest BCUT2D eigenvalue weighted by Gasteiger charge is -2.14. The van der Waals surface area contributed by atoms with Crippen molar-refractivity contribution in [1.82, 2.24) is 0 Å². The van der Waals surface area contributed by atoms with E-state index in [-0.39, 0.29) is 5.91 Å². The minimum absolute atomic E-state index is 0.0890. The topological polar surface area (TPSA) is 32.7 Å². The minimum atomic E-state index is 0.0890. The maximum absolute atomic E-state index is 11.5. The Bertz CT molecular complexity index is 707. The highest BCUT2D eigenvalue weighted by molar-refractivity contribution is 6.30. The summed E-state index contributed by atoms with van der Waals surface area (Å²) in [6.45, 7) is 2.36. The van der Waals surface area contributed by atoms with Gasteiger partial charge in [0.25, 0.3) is 0 Å². The highest BCUT2D eigenvalue weighted by Crippen LogP contribution is 2.31. The van der Waals surface area contributed by atoms with Gasteiger partial charge in [0.05, 0.1) is 5.69 Å². The van der Waals surface area contributed by atoms with Gasteiger partial charge < -0.3 is 4.90 Å². The first-order chi connectivity index (χ1) is 10.1. The number of anilines is 1. The third-order valence-corrected chi connectivity index (χ3v) is 3.82. The molecule has 2 aromatic rings. The molecule has 106 valence electrons. The number of carbonyl (C=O) groups is 1. The molecule has 4 heteroatoms. The van der Waals surface area contributed by atoms with Crippen molar-refractivity contribution in [2.24, 2.45) is 4.99 Å². The van der Waals surface area contributed by atoms with Crippen LogP contribution in [0, 0.1) is 0 Å². The van der Waals surface area contributed by atoms with Crippen molar-refractivity contribution < 1.29 is 4.79 Å². The minimum Gasteiger partial charge on any atom is -0.312 e. The van der Waals surface area contributed by atoms with E-state index in [1.807, 2.05) is 53.6 Å². The zero-order chi connectivity index (χ0) is 14.8. The molecule has 0 aromatic heterocycles. The lowest BCUT2D eigenvalue weighted by Crippen LogP contribution is -2.25. The van der Waals surface area contributed by atoms with Crippen molar-refractivity contribution in [3.05, 3.63) is 58.6 Å². The molecule has 1 aliphatic rings. The summed E-state index contributed by atoms with van der Waals surface area (Å²) in [6, 6.07) is 13.5. The first-order valence-electron chi connectivity index (χ1n) is 6.84. The van der Waals surface area contributed by atoms with Gasteiger partial charge in [0.1, 0.15) is 0 Å². The van der Waals surface area contributed by atoms with Crippen LogP contribution in [-0.2, 0) is 11.2 Å². The average Bonchev–Trinajstić information content (AvgIpc) is 2.90. The highest BCUT2D eigenvalue weighted by Gasteiger charge is 2.21. The van der Waals surface area contributed by atoms with E-state index in [0.717, 1.165) is 29.9 Å². The van der Waals surface area contributed by atoms with Crippen LogP contribution in [0.25, 0.3) is 0 Å². The second-order valence-corrected chi connectivity index (χ2v) is 5.48. The van der Waals surface area contributed by atoms with Gasteiger partial charge in [0, 0.05) is 30.4 Å². The van der Waals surface area contributed by atoms with Gasteiger partial charge in [-0.2, -0.15) is 0 Å².